The summed E-state index contributed by atoms with van der Waals surface area (Å²) in [6.07, 6.45) is 5.16. The van der Waals surface area contributed by atoms with Crippen LogP contribution in [-0.4, -0.2) is 11.7 Å². The van der Waals surface area contributed by atoms with Crippen LogP contribution in [-0.2, 0) is 0 Å². The summed E-state index contributed by atoms with van der Waals surface area (Å²) >= 11 is 0. The normalized spacial score (nSPS) is 18.5. The van der Waals surface area contributed by atoms with Gasteiger partial charge in [-0.25, -0.2) is 8.78 Å². The Hall–Kier alpha value is -0.960. The molecule has 1 aromatic rings. The zero-order valence-electron chi connectivity index (χ0n) is 9.83. The maximum atomic E-state index is 13.2. The van der Waals surface area contributed by atoms with Gasteiger partial charge in [0.1, 0.15) is 11.6 Å². The van der Waals surface area contributed by atoms with Crippen LogP contribution in [0.2, 0.25) is 0 Å². The highest BCUT2D eigenvalue weighted by Crippen LogP contribution is 2.39. The van der Waals surface area contributed by atoms with E-state index in [0.29, 0.717) is 17.9 Å². The van der Waals surface area contributed by atoms with E-state index < -0.39 is 11.6 Å². The third-order valence-corrected chi connectivity index (χ3v) is 3.72. The summed E-state index contributed by atoms with van der Waals surface area (Å²) in [4.78, 5) is 0. The Morgan fingerprint density at radius 2 is 1.71 bits per heavy atom. The molecule has 0 bridgehead atoms. The number of hydrogen-bond donors (Lipinski definition) is 1. The molecule has 3 heteroatoms. The van der Waals surface area contributed by atoms with Crippen molar-refractivity contribution in [2.75, 3.05) is 6.61 Å². The number of aliphatic hydroxyl groups is 1. The van der Waals surface area contributed by atoms with Crippen molar-refractivity contribution >= 4 is 0 Å². The van der Waals surface area contributed by atoms with Gasteiger partial charge in [0.15, 0.2) is 0 Å². The van der Waals surface area contributed by atoms with Crippen LogP contribution in [0.3, 0.4) is 0 Å². The maximum absolute atomic E-state index is 13.2. The number of aliphatic hydroxyl groups excluding tert-OH is 1. The predicted octanol–water partition coefficient (Wildman–Crippen LogP) is 3.62. The van der Waals surface area contributed by atoms with Gasteiger partial charge in [-0.1, -0.05) is 12.8 Å². The molecule has 1 nitrogen and oxygen atoms in total. The van der Waals surface area contributed by atoms with Crippen LogP contribution in [0.1, 0.15) is 43.6 Å². The van der Waals surface area contributed by atoms with Crippen molar-refractivity contribution in [3.63, 3.8) is 0 Å². The molecule has 2 rings (SSSR count). The molecule has 1 aliphatic carbocycles. The van der Waals surface area contributed by atoms with Crippen LogP contribution < -0.4 is 0 Å². The van der Waals surface area contributed by atoms with Crippen LogP contribution in [0.5, 0.6) is 0 Å². The monoisotopic (exact) mass is 240 g/mol. The first-order chi connectivity index (χ1) is 8.20. The minimum absolute atomic E-state index is 0.0687. The minimum Gasteiger partial charge on any atom is -0.396 e. The smallest absolute Gasteiger partial charge is 0.126 e. The van der Waals surface area contributed by atoms with Crippen LogP contribution in [0.4, 0.5) is 8.78 Å². The van der Waals surface area contributed by atoms with Crippen LogP contribution in [0, 0.1) is 17.6 Å². The van der Waals surface area contributed by atoms with E-state index in [-0.39, 0.29) is 12.5 Å². The van der Waals surface area contributed by atoms with Crippen LogP contribution >= 0.6 is 0 Å². The van der Waals surface area contributed by atoms with Gasteiger partial charge in [0.2, 0.25) is 0 Å². The first-order valence-electron chi connectivity index (χ1n) is 6.27. The lowest BCUT2D eigenvalue weighted by atomic mass is 9.82. The molecule has 0 amide bonds. The van der Waals surface area contributed by atoms with Crippen LogP contribution in [0.15, 0.2) is 18.2 Å². The van der Waals surface area contributed by atoms with E-state index in [2.05, 4.69) is 0 Å². The van der Waals surface area contributed by atoms with Crippen molar-refractivity contribution in [1.29, 1.82) is 0 Å². The molecular weight excluding hydrogens is 222 g/mol. The largest absolute Gasteiger partial charge is 0.396 e. The Balaban J connectivity index is 2.24. The molecule has 1 aliphatic rings. The zero-order valence-corrected chi connectivity index (χ0v) is 9.83. The Morgan fingerprint density at radius 1 is 1.12 bits per heavy atom. The van der Waals surface area contributed by atoms with Gasteiger partial charge < -0.3 is 5.11 Å². The average Bonchev–Trinajstić information content (AvgIpc) is 2.77. The number of halogens is 2. The quantitative estimate of drug-likeness (QED) is 0.852. The predicted molar refractivity (Wildman–Crippen MR) is 62.8 cm³/mol. The van der Waals surface area contributed by atoms with Crippen molar-refractivity contribution in [3.8, 4) is 0 Å². The molecule has 1 N–H and O–H groups in total. The van der Waals surface area contributed by atoms with E-state index >= 15 is 0 Å². The second-order valence-corrected chi connectivity index (χ2v) is 4.87. The van der Waals surface area contributed by atoms with E-state index in [1.165, 1.54) is 25.0 Å². The van der Waals surface area contributed by atoms with E-state index in [4.69, 9.17) is 5.11 Å². The summed E-state index contributed by atoms with van der Waals surface area (Å²) < 4.78 is 26.4. The van der Waals surface area contributed by atoms with Gasteiger partial charge in [-0.15, -0.1) is 0 Å². The lowest BCUT2D eigenvalue weighted by molar-refractivity contribution is 0.254. The first-order valence-corrected chi connectivity index (χ1v) is 6.27. The van der Waals surface area contributed by atoms with Crippen molar-refractivity contribution in [3.05, 3.63) is 35.4 Å². The van der Waals surface area contributed by atoms with Gasteiger partial charge in [-0.2, -0.15) is 0 Å². The maximum Gasteiger partial charge on any atom is 0.126 e. The molecule has 1 saturated carbocycles. The van der Waals surface area contributed by atoms with Gasteiger partial charge in [0.25, 0.3) is 0 Å². The summed E-state index contributed by atoms with van der Waals surface area (Å²) in [5, 5.41) is 9.11. The Morgan fingerprint density at radius 3 is 2.24 bits per heavy atom. The topological polar surface area (TPSA) is 20.2 Å². The lowest BCUT2D eigenvalue weighted by Gasteiger charge is -2.23. The van der Waals surface area contributed by atoms with E-state index in [9.17, 15) is 8.78 Å². The number of rotatable bonds is 4. The highest BCUT2D eigenvalue weighted by molar-refractivity contribution is 5.23. The fourth-order valence-corrected chi connectivity index (χ4v) is 2.96. The number of benzene rings is 1. The lowest BCUT2D eigenvalue weighted by Crippen LogP contribution is -2.12. The molecule has 17 heavy (non-hydrogen) atoms. The summed E-state index contributed by atoms with van der Waals surface area (Å²) in [7, 11) is 0. The molecule has 0 heterocycles. The second kappa shape index (κ2) is 5.58. The van der Waals surface area contributed by atoms with Crippen molar-refractivity contribution in [2.24, 2.45) is 5.92 Å². The number of hydrogen-bond acceptors (Lipinski definition) is 1. The van der Waals surface area contributed by atoms with Crippen molar-refractivity contribution < 1.29 is 13.9 Å². The van der Waals surface area contributed by atoms with E-state index in [1.54, 1.807) is 0 Å². The molecule has 0 aromatic heterocycles. The summed E-state index contributed by atoms with van der Waals surface area (Å²) in [5.41, 5.74) is 0.698. The summed E-state index contributed by atoms with van der Waals surface area (Å²) in [5.74, 6) is -0.502. The third-order valence-electron chi connectivity index (χ3n) is 3.72. The van der Waals surface area contributed by atoms with E-state index in [0.717, 1.165) is 18.9 Å². The van der Waals surface area contributed by atoms with Crippen molar-refractivity contribution in [2.45, 2.75) is 38.0 Å². The average molecular weight is 240 g/mol. The molecule has 1 fully saturated rings. The minimum atomic E-state index is -0.527. The second-order valence-electron chi connectivity index (χ2n) is 4.87. The summed E-state index contributed by atoms with van der Waals surface area (Å²) in [6.45, 7) is 0.0687. The van der Waals surface area contributed by atoms with Gasteiger partial charge in [-0.3, -0.25) is 0 Å². The Labute approximate surface area is 100 Å². The van der Waals surface area contributed by atoms with Crippen molar-refractivity contribution in [1.82, 2.24) is 0 Å². The van der Waals surface area contributed by atoms with E-state index in [1.807, 2.05) is 0 Å². The fraction of sp³-hybridized carbons (Fsp3) is 0.571. The molecule has 1 unspecified atom stereocenters. The highest BCUT2D eigenvalue weighted by Gasteiger charge is 2.26. The molecule has 94 valence electrons. The Bertz CT molecular complexity index is 352. The standard InChI is InChI=1S/C14H18F2O/c15-12-7-11(8-13(16)9-12)14(5-6-17)10-3-1-2-4-10/h7-10,14,17H,1-6H2. The molecular formula is C14H18F2O. The fourth-order valence-electron chi connectivity index (χ4n) is 2.96. The zero-order chi connectivity index (χ0) is 12.3. The first kappa shape index (κ1) is 12.5. The van der Waals surface area contributed by atoms with Gasteiger partial charge >= 0.3 is 0 Å². The molecule has 0 saturated heterocycles. The molecule has 1 aromatic carbocycles. The SMILES string of the molecule is OCCC(c1cc(F)cc(F)c1)C1CCCC1. The molecule has 0 radical (unpaired) electrons. The Kier molecular flexibility index (Phi) is 4.11. The highest BCUT2D eigenvalue weighted by atomic mass is 19.1. The third kappa shape index (κ3) is 3.03. The molecule has 1 atom stereocenters. The van der Waals surface area contributed by atoms with Crippen LogP contribution in [0.25, 0.3) is 0 Å². The van der Waals surface area contributed by atoms with Gasteiger partial charge in [0.05, 0.1) is 0 Å². The molecule has 0 aliphatic heterocycles. The van der Waals surface area contributed by atoms with Gasteiger partial charge in [-0.05, 0) is 48.8 Å². The molecule has 0 spiro atoms. The van der Waals surface area contributed by atoms with Gasteiger partial charge in [0, 0.05) is 12.7 Å². The summed E-state index contributed by atoms with van der Waals surface area (Å²) in [6, 6.07) is 3.71.